The van der Waals surface area contributed by atoms with Crippen LogP contribution in [-0.4, -0.2) is 25.0 Å². The van der Waals surface area contributed by atoms with Crippen molar-refractivity contribution in [2.45, 2.75) is 182 Å². The van der Waals surface area contributed by atoms with E-state index in [9.17, 15) is 0 Å². The van der Waals surface area contributed by atoms with Gasteiger partial charge in [0, 0.05) is 0 Å². The van der Waals surface area contributed by atoms with E-state index in [1.54, 1.807) is 0 Å². The maximum absolute atomic E-state index is 2.58. The lowest BCUT2D eigenvalue weighted by Crippen LogP contribution is -2.20. The molecule has 0 aliphatic carbocycles. The van der Waals surface area contributed by atoms with Gasteiger partial charge in [0.2, 0.25) is 0 Å². The molecule has 0 aliphatic rings. The highest BCUT2D eigenvalue weighted by Gasteiger charge is 2.00. The van der Waals surface area contributed by atoms with E-state index in [4.69, 9.17) is 0 Å². The van der Waals surface area contributed by atoms with Crippen LogP contribution >= 0.6 is 0 Å². The summed E-state index contributed by atoms with van der Waals surface area (Å²) in [4.78, 5) is 2.58. The molecular formula is C33H69N. The predicted molar refractivity (Wildman–Crippen MR) is 158 cm³/mol. The van der Waals surface area contributed by atoms with Crippen LogP contribution in [0.25, 0.3) is 0 Å². The van der Waals surface area contributed by atoms with Gasteiger partial charge in [0.25, 0.3) is 0 Å². The number of unbranched alkanes of at least 4 members (excludes halogenated alkanes) is 20. The molecule has 0 radical (unpaired) electrons. The van der Waals surface area contributed by atoms with Gasteiger partial charge in [0.05, 0.1) is 0 Å². The lowest BCUT2D eigenvalue weighted by atomic mass is 10.0. The standard InChI is InChI=1S/C33H69N/c1-32(2)28-24-20-16-12-8-6-10-14-18-22-26-30-34(5)31-27-23-19-15-11-7-9-13-17-21-25-29-33(3)4/h32-33H,6-31H2,1-5H3. The third-order valence-corrected chi connectivity index (χ3v) is 7.64. The van der Waals surface area contributed by atoms with Crippen LogP contribution < -0.4 is 0 Å². The van der Waals surface area contributed by atoms with Gasteiger partial charge in [-0.1, -0.05) is 169 Å². The van der Waals surface area contributed by atoms with Crippen molar-refractivity contribution in [3.63, 3.8) is 0 Å². The van der Waals surface area contributed by atoms with E-state index in [1.807, 2.05) is 0 Å². The minimum absolute atomic E-state index is 0.892. The van der Waals surface area contributed by atoms with Crippen LogP contribution in [0.4, 0.5) is 0 Å². The first-order chi connectivity index (χ1) is 16.5. The van der Waals surface area contributed by atoms with Gasteiger partial charge in [-0.25, -0.2) is 0 Å². The summed E-state index contributed by atoms with van der Waals surface area (Å²) >= 11 is 0. The van der Waals surface area contributed by atoms with Gasteiger partial charge in [0.1, 0.15) is 0 Å². The monoisotopic (exact) mass is 480 g/mol. The SMILES string of the molecule is CC(C)CCCCCCCCCCCCCN(C)CCCCCCCCCCCCCC(C)C. The van der Waals surface area contributed by atoms with Crippen molar-refractivity contribution in [1.82, 2.24) is 4.90 Å². The molecule has 0 aliphatic heterocycles. The maximum Gasteiger partial charge on any atom is -0.00218 e. The van der Waals surface area contributed by atoms with Crippen molar-refractivity contribution >= 4 is 0 Å². The molecule has 0 unspecified atom stereocenters. The highest BCUT2D eigenvalue weighted by Crippen LogP contribution is 2.15. The topological polar surface area (TPSA) is 3.24 Å². The average molecular weight is 480 g/mol. The molecule has 0 spiro atoms. The molecule has 0 aromatic heterocycles. The van der Waals surface area contributed by atoms with Crippen molar-refractivity contribution in [2.24, 2.45) is 11.8 Å². The van der Waals surface area contributed by atoms with Crippen LogP contribution in [-0.2, 0) is 0 Å². The Kier molecular flexibility index (Phi) is 27.5. The van der Waals surface area contributed by atoms with Gasteiger partial charge in [-0.15, -0.1) is 0 Å². The normalized spacial score (nSPS) is 12.0. The zero-order valence-corrected chi connectivity index (χ0v) is 25.0. The first-order valence-electron chi connectivity index (χ1n) is 16.2. The Labute approximate surface area is 218 Å². The van der Waals surface area contributed by atoms with Gasteiger partial charge in [-0.05, 0) is 44.8 Å². The summed E-state index contributed by atoms with van der Waals surface area (Å²) in [6.45, 7) is 12.0. The fraction of sp³-hybridized carbons (Fsp3) is 1.00. The maximum atomic E-state index is 2.58. The van der Waals surface area contributed by atoms with E-state index >= 15 is 0 Å². The van der Waals surface area contributed by atoms with Crippen LogP contribution in [0, 0.1) is 11.8 Å². The predicted octanol–water partition coefficient (Wildman–Crippen LogP) is 11.6. The Morgan fingerprint density at radius 1 is 0.324 bits per heavy atom. The summed E-state index contributed by atoms with van der Waals surface area (Å²) < 4.78 is 0. The second-order valence-corrected chi connectivity index (χ2v) is 12.4. The molecular weight excluding hydrogens is 410 g/mol. The van der Waals surface area contributed by atoms with Crippen molar-refractivity contribution < 1.29 is 0 Å². The van der Waals surface area contributed by atoms with Crippen molar-refractivity contribution in [1.29, 1.82) is 0 Å². The molecule has 0 atom stereocenters. The number of nitrogens with zero attached hydrogens (tertiary/aromatic N) is 1. The summed E-state index contributed by atoms with van der Waals surface area (Å²) in [5.74, 6) is 1.78. The first kappa shape index (κ1) is 34.0. The van der Waals surface area contributed by atoms with Gasteiger partial charge < -0.3 is 4.90 Å². The third kappa shape index (κ3) is 30.0. The zero-order valence-electron chi connectivity index (χ0n) is 25.0. The van der Waals surface area contributed by atoms with E-state index in [2.05, 4.69) is 39.6 Å². The first-order valence-corrected chi connectivity index (χ1v) is 16.2. The lowest BCUT2D eigenvalue weighted by molar-refractivity contribution is 0.314. The van der Waals surface area contributed by atoms with E-state index < -0.39 is 0 Å². The minimum Gasteiger partial charge on any atom is -0.306 e. The van der Waals surface area contributed by atoms with Crippen LogP contribution in [0.2, 0.25) is 0 Å². The molecule has 206 valence electrons. The van der Waals surface area contributed by atoms with Crippen LogP contribution in [0.1, 0.15) is 182 Å². The molecule has 0 heterocycles. The molecule has 0 saturated carbocycles. The van der Waals surface area contributed by atoms with Gasteiger partial charge in [-0.3, -0.25) is 0 Å². The molecule has 34 heavy (non-hydrogen) atoms. The fourth-order valence-corrected chi connectivity index (χ4v) is 5.16. The lowest BCUT2D eigenvalue weighted by Gasteiger charge is -2.16. The summed E-state index contributed by atoms with van der Waals surface area (Å²) in [5, 5.41) is 0. The molecule has 0 rings (SSSR count). The summed E-state index contributed by atoms with van der Waals surface area (Å²) in [5.41, 5.74) is 0. The summed E-state index contributed by atoms with van der Waals surface area (Å²) in [7, 11) is 2.34. The summed E-state index contributed by atoms with van der Waals surface area (Å²) in [6.07, 6.45) is 35.0. The minimum atomic E-state index is 0.892. The molecule has 0 amide bonds. The van der Waals surface area contributed by atoms with Crippen LogP contribution in [0.5, 0.6) is 0 Å². The number of hydrogen-bond acceptors (Lipinski definition) is 1. The summed E-state index contributed by atoms with van der Waals surface area (Å²) in [6, 6.07) is 0. The second-order valence-electron chi connectivity index (χ2n) is 12.4. The molecule has 0 aromatic rings. The quantitative estimate of drug-likeness (QED) is 0.101. The molecule has 1 heteroatoms. The Morgan fingerprint density at radius 3 is 0.765 bits per heavy atom. The van der Waals surface area contributed by atoms with Gasteiger partial charge >= 0.3 is 0 Å². The molecule has 0 saturated heterocycles. The molecule has 0 aromatic carbocycles. The molecule has 0 N–H and O–H groups in total. The zero-order chi connectivity index (χ0) is 25.1. The number of hydrogen-bond donors (Lipinski definition) is 0. The average Bonchev–Trinajstić information content (AvgIpc) is 2.79. The van der Waals surface area contributed by atoms with Crippen molar-refractivity contribution in [3.05, 3.63) is 0 Å². The third-order valence-electron chi connectivity index (χ3n) is 7.64. The Balaban J connectivity index is 3.16. The largest absolute Gasteiger partial charge is 0.306 e. The van der Waals surface area contributed by atoms with E-state index in [0.29, 0.717) is 0 Å². The smallest absolute Gasteiger partial charge is 0.00218 e. The number of rotatable bonds is 28. The van der Waals surface area contributed by atoms with Crippen LogP contribution in [0.3, 0.4) is 0 Å². The molecule has 1 nitrogen and oxygen atoms in total. The molecule has 0 bridgehead atoms. The van der Waals surface area contributed by atoms with Crippen molar-refractivity contribution in [2.75, 3.05) is 20.1 Å². The Bertz CT molecular complexity index is 328. The highest BCUT2D eigenvalue weighted by molar-refractivity contribution is 4.56. The fourth-order valence-electron chi connectivity index (χ4n) is 5.16. The van der Waals surface area contributed by atoms with E-state index in [1.165, 1.54) is 167 Å². The van der Waals surface area contributed by atoms with E-state index in [0.717, 1.165) is 11.8 Å². The Hall–Kier alpha value is -0.0400. The second kappa shape index (κ2) is 27.5. The van der Waals surface area contributed by atoms with E-state index in [-0.39, 0.29) is 0 Å². The van der Waals surface area contributed by atoms with Crippen LogP contribution in [0.15, 0.2) is 0 Å². The van der Waals surface area contributed by atoms with Gasteiger partial charge in [-0.2, -0.15) is 0 Å². The highest BCUT2D eigenvalue weighted by atomic mass is 15.1. The van der Waals surface area contributed by atoms with Gasteiger partial charge in [0.15, 0.2) is 0 Å². The molecule has 0 fully saturated rings. The Morgan fingerprint density at radius 2 is 0.529 bits per heavy atom. The van der Waals surface area contributed by atoms with Crippen molar-refractivity contribution in [3.8, 4) is 0 Å².